The minimum atomic E-state index is -4.62. The van der Waals surface area contributed by atoms with Gasteiger partial charge in [0.1, 0.15) is 35.9 Å². The number of halogens is 4. The summed E-state index contributed by atoms with van der Waals surface area (Å²) in [7, 11) is 4.52. The second-order valence-electron chi connectivity index (χ2n) is 24.5. The van der Waals surface area contributed by atoms with Crippen molar-refractivity contribution in [3.63, 3.8) is 0 Å². The van der Waals surface area contributed by atoms with E-state index in [4.69, 9.17) is 28.8 Å². The Bertz CT molecular complexity index is 2360. The number of alkyl halides is 4. The van der Waals surface area contributed by atoms with Crippen LogP contribution in [0.2, 0.25) is 0 Å². The average molecular weight is 1220 g/mol. The first kappa shape index (κ1) is 75.6. The molecule has 15 atom stereocenters. The molecule has 15 nitrogen and oxygen atoms in total. The van der Waals surface area contributed by atoms with E-state index in [0.717, 1.165) is 18.4 Å². The molecule has 4 aliphatic rings. The highest BCUT2D eigenvalue weighted by molar-refractivity contribution is 6.39. The van der Waals surface area contributed by atoms with E-state index in [-0.39, 0.29) is 54.8 Å². The number of aryl methyl sites for hydroxylation is 1. The van der Waals surface area contributed by atoms with Crippen molar-refractivity contribution < 1.29 is 85.6 Å². The van der Waals surface area contributed by atoms with Crippen molar-refractivity contribution in [2.75, 3.05) is 34.5 Å². The lowest BCUT2D eigenvalue weighted by Crippen LogP contribution is -2.61. The first-order valence-electron chi connectivity index (χ1n) is 31.2. The van der Waals surface area contributed by atoms with Crippen molar-refractivity contribution in [1.29, 1.82) is 0 Å². The molecule has 3 heterocycles. The monoisotopic (exact) mass is 1220 g/mol. The van der Waals surface area contributed by atoms with Gasteiger partial charge in [-0.1, -0.05) is 122 Å². The summed E-state index contributed by atoms with van der Waals surface area (Å²) < 4.78 is 71.0. The molecule has 1 aromatic rings. The van der Waals surface area contributed by atoms with Gasteiger partial charge < -0.3 is 49.0 Å². The number of phenolic OH excluding ortho intramolecular Hbond substituents is 1. The van der Waals surface area contributed by atoms with Crippen LogP contribution in [-0.2, 0) is 54.1 Å². The van der Waals surface area contributed by atoms with Crippen LogP contribution in [0.4, 0.5) is 17.6 Å². The van der Waals surface area contributed by atoms with Crippen LogP contribution in [-0.4, -0.2) is 150 Å². The molecule has 86 heavy (non-hydrogen) atoms. The molecule has 3 aliphatic heterocycles. The molecule has 19 heteroatoms. The van der Waals surface area contributed by atoms with Crippen molar-refractivity contribution in [3.05, 3.63) is 77.4 Å². The Labute approximate surface area is 509 Å². The summed E-state index contributed by atoms with van der Waals surface area (Å²) in [4.78, 5) is 71.8. The minimum absolute atomic E-state index is 0.0193. The van der Waals surface area contributed by atoms with Crippen LogP contribution in [0.1, 0.15) is 177 Å². The Morgan fingerprint density at radius 1 is 0.802 bits per heavy atom. The maximum Gasteiger partial charge on any atom is 0.416 e. The van der Waals surface area contributed by atoms with E-state index in [1.54, 1.807) is 53.2 Å². The van der Waals surface area contributed by atoms with Crippen molar-refractivity contribution in [3.8, 4) is 5.75 Å². The van der Waals surface area contributed by atoms with Crippen LogP contribution >= 0.6 is 0 Å². The highest BCUT2D eigenvalue weighted by atomic mass is 19.4. The third-order valence-corrected chi connectivity index (χ3v) is 17.4. The summed E-state index contributed by atoms with van der Waals surface area (Å²) in [6.45, 7) is 12.8. The molecule has 0 aromatic heterocycles. The van der Waals surface area contributed by atoms with Gasteiger partial charge in [0.25, 0.3) is 11.7 Å². The summed E-state index contributed by atoms with van der Waals surface area (Å²) >= 11 is 0. The second kappa shape index (κ2) is 38.0. The Balaban J connectivity index is 0.000000773. The predicted molar refractivity (Wildman–Crippen MR) is 322 cm³/mol. The first-order valence-corrected chi connectivity index (χ1v) is 31.2. The topological polar surface area (TPSA) is 216 Å². The summed E-state index contributed by atoms with van der Waals surface area (Å²) in [5.74, 6) is -7.60. The quantitative estimate of drug-likeness (QED) is 0.0475. The number of amides is 1. The van der Waals surface area contributed by atoms with E-state index in [1.165, 1.54) is 56.1 Å². The molecule has 488 valence electrons. The number of phenols is 1. The predicted octanol–water partition coefficient (Wildman–Crippen LogP) is 12.0. The van der Waals surface area contributed by atoms with E-state index in [2.05, 4.69) is 6.92 Å². The lowest BCUT2D eigenvalue weighted by Gasteiger charge is -2.42. The summed E-state index contributed by atoms with van der Waals surface area (Å²) in [5, 5.41) is 43.0. The van der Waals surface area contributed by atoms with Crippen molar-refractivity contribution in [2.45, 2.75) is 238 Å². The number of fused-ring (bicyclic) bond motifs is 3. The fourth-order valence-corrected chi connectivity index (χ4v) is 11.9. The van der Waals surface area contributed by atoms with E-state index < -0.39 is 96.7 Å². The lowest BCUT2D eigenvalue weighted by molar-refractivity contribution is -0.265. The van der Waals surface area contributed by atoms with Crippen molar-refractivity contribution >= 4 is 29.2 Å². The number of cyclic esters (lactones) is 1. The number of esters is 1. The first-order chi connectivity index (χ1) is 40.6. The third-order valence-electron chi connectivity index (χ3n) is 17.4. The molecule has 0 radical (unpaired) electrons. The SMILES string of the molecule is CCCCCCCCc1ccc(O)cc1.CO[C@H]1C[C@@H]2CC[C@@H](C)[C@@](O)(O2)C(=O)C(=O)N2CCCC[C@H]2C(=O)O[C@H]([C@H](C)C[C@@H]2CC[C@@H](O)[C@H](OC)C2)CC(=O)[C@H](C)/C=C(\C)[C@@H](O)[C@@H](OC)C(=O)[C@H](C)C[C@H](C)/C=C/C=C/C=C/1C.FCC(F)(F)F. The number of carbonyl (C=O) groups excluding carboxylic acids is 5. The van der Waals surface area contributed by atoms with Crippen molar-refractivity contribution in [1.82, 2.24) is 4.90 Å². The minimum Gasteiger partial charge on any atom is -0.508 e. The fraction of sp³-hybridized carbons (Fsp3) is 0.716. The van der Waals surface area contributed by atoms with Gasteiger partial charge in [0.05, 0.1) is 24.4 Å². The van der Waals surface area contributed by atoms with Crippen LogP contribution in [0.5, 0.6) is 5.75 Å². The number of methoxy groups -OCH3 is 3. The number of aromatic hydroxyl groups is 1. The molecule has 1 saturated carbocycles. The molecule has 0 unspecified atom stereocenters. The molecule has 3 fully saturated rings. The number of hydrogen-bond acceptors (Lipinski definition) is 14. The molecular weight excluding hydrogens is 1120 g/mol. The number of ketones is 3. The maximum atomic E-state index is 14.4. The maximum absolute atomic E-state index is 14.4. The second-order valence-corrected chi connectivity index (χ2v) is 24.5. The van der Waals surface area contributed by atoms with Gasteiger partial charge in [0.15, 0.2) is 12.5 Å². The van der Waals surface area contributed by atoms with E-state index >= 15 is 0 Å². The molecule has 1 aliphatic carbocycles. The van der Waals surface area contributed by atoms with Crippen LogP contribution in [0.3, 0.4) is 0 Å². The van der Waals surface area contributed by atoms with Gasteiger partial charge in [-0.2, -0.15) is 13.2 Å². The number of piperidine rings is 1. The van der Waals surface area contributed by atoms with E-state index in [9.17, 15) is 56.9 Å². The molecule has 4 N–H and O–H groups in total. The number of ether oxygens (including phenoxy) is 5. The van der Waals surface area contributed by atoms with Crippen LogP contribution in [0.25, 0.3) is 0 Å². The largest absolute Gasteiger partial charge is 0.508 e. The molecule has 1 aromatic carbocycles. The summed E-state index contributed by atoms with van der Waals surface area (Å²) in [6.07, 6.45) is 15.7. The number of unbranched alkanes of at least 4 members (excludes halogenated alkanes) is 5. The zero-order valence-electron chi connectivity index (χ0n) is 53.0. The molecule has 5 rings (SSSR count). The molecule has 1 amide bonds. The van der Waals surface area contributed by atoms with Crippen LogP contribution in [0, 0.1) is 35.5 Å². The number of aliphatic hydroxyl groups is 3. The number of allylic oxidation sites excluding steroid dienone is 6. The Morgan fingerprint density at radius 2 is 1.47 bits per heavy atom. The third kappa shape index (κ3) is 24.7. The van der Waals surface area contributed by atoms with Gasteiger partial charge in [-0.3, -0.25) is 19.2 Å². The van der Waals surface area contributed by atoms with Gasteiger partial charge in [-0.05, 0) is 137 Å². The van der Waals surface area contributed by atoms with Crippen molar-refractivity contribution in [2.24, 2.45) is 35.5 Å². The zero-order valence-corrected chi connectivity index (χ0v) is 53.0. The smallest absolute Gasteiger partial charge is 0.416 e. The number of nitrogens with zero attached hydrogens (tertiary/aromatic N) is 1. The number of rotatable bonds is 13. The number of benzene rings is 1. The zero-order chi connectivity index (χ0) is 64.3. The van der Waals surface area contributed by atoms with Gasteiger partial charge in [0.2, 0.25) is 5.79 Å². The fourth-order valence-electron chi connectivity index (χ4n) is 11.9. The lowest BCUT2D eigenvalue weighted by atomic mass is 9.78. The molecule has 0 spiro atoms. The van der Waals surface area contributed by atoms with E-state index in [1.807, 2.05) is 70.2 Å². The number of Topliss-reactive ketones (excluding diaryl/α,β-unsaturated/α-hetero) is 3. The standard InChI is InChI=1S/C51H79NO13.C14H22O.C2H2F4/c1-30-16-12-11-13-17-31(2)42(61-8)28-38-21-19-36(7)51(60,65-38)48(57)49(58)52-23-15-14-18-39(52)50(59)64-43(33(4)26-37-20-22-40(53)44(27-37)62-9)29-41(54)32(3)25-35(6)46(56)47(63-10)45(55)34(5)24-30;1-2-3-4-5-6-7-8-13-9-11-14(15)12-10-13;3-1-2(4,5)6/h11-13,16-17,25,30,32-34,36-40,42-44,46-47,53,56,60H,14-15,18-24,26-29H2,1-10H3;9-12,15H,2-8H2,1H3;1H2/b13-11+,16-12+,31-17+,35-25+;;/t30-,32-,33-,34-,36-,37+,38+,39+,40-,42+,43+,44-,46-,47+,51-;;/m1../s1. The molecular formula is C67H103F4NO14. The molecule has 2 bridgehead atoms. The Kier molecular flexibility index (Phi) is 33.4. The molecule has 2 saturated heterocycles. The Hall–Kier alpha value is -4.63. The average Bonchev–Trinajstić information content (AvgIpc) is 1.41. The highest BCUT2D eigenvalue weighted by Crippen LogP contribution is 2.38. The number of aliphatic hydroxyl groups excluding tert-OH is 2. The summed E-state index contributed by atoms with van der Waals surface area (Å²) in [6, 6.07) is 6.43. The normalized spacial score (nSPS) is 33.2. The number of hydrogen-bond donors (Lipinski definition) is 4. The Morgan fingerprint density at radius 3 is 2.09 bits per heavy atom. The van der Waals surface area contributed by atoms with Gasteiger partial charge >= 0.3 is 12.1 Å². The van der Waals surface area contributed by atoms with Crippen LogP contribution in [0.15, 0.2) is 71.9 Å². The number of carbonyl (C=O) groups is 5. The van der Waals surface area contributed by atoms with Crippen LogP contribution < -0.4 is 0 Å². The van der Waals surface area contributed by atoms with Gasteiger partial charge in [0, 0.05) is 58.5 Å². The summed E-state index contributed by atoms with van der Waals surface area (Å²) in [5.41, 5.74) is 2.60. The van der Waals surface area contributed by atoms with E-state index in [0.29, 0.717) is 69.1 Å². The highest BCUT2D eigenvalue weighted by Gasteiger charge is 2.53. The van der Waals surface area contributed by atoms with Gasteiger partial charge in [-0.25, -0.2) is 9.18 Å². The van der Waals surface area contributed by atoms with Gasteiger partial charge in [-0.15, -0.1) is 0 Å².